The molecule has 0 fully saturated rings. The predicted molar refractivity (Wildman–Crippen MR) is 71.2 cm³/mol. The van der Waals surface area contributed by atoms with Crippen LogP contribution in [0.5, 0.6) is 5.75 Å². The molecule has 0 radical (unpaired) electrons. The highest BCUT2D eigenvalue weighted by atomic mass is 32.1. The molecule has 0 saturated carbocycles. The van der Waals surface area contributed by atoms with E-state index in [2.05, 4.69) is 4.99 Å². The van der Waals surface area contributed by atoms with E-state index in [1.165, 1.54) is 19.2 Å². The minimum Gasteiger partial charge on any atom is -0.494 e. The molecular weight excluding hydrogens is 252 g/mol. The van der Waals surface area contributed by atoms with Crippen LogP contribution in [0.3, 0.4) is 0 Å². The van der Waals surface area contributed by atoms with E-state index < -0.39 is 4.92 Å². The lowest BCUT2D eigenvalue weighted by molar-refractivity contribution is -0.384. The van der Waals surface area contributed by atoms with Crippen molar-refractivity contribution >= 4 is 28.9 Å². The van der Waals surface area contributed by atoms with Gasteiger partial charge in [0.2, 0.25) is 0 Å². The van der Waals surface area contributed by atoms with E-state index >= 15 is 0 Å². The molecule has 0 aliphatic heterocycles. The summed E-state index contributed by atoms with van der Waals surface area (Å²) in [6.45, 7) is 0. The first-order valence-electron chi connectivity index (χ1n) is 5.10. The molecule has 18 heavy (non-hydrogen) atoms. The fraction of sp³-hybridized carbons (Fsp3) is 0.0833. The lowest BCUT2D eigenvalue weighted by atomic mass is 10.2. The van der Waals surface area contributed by atoms with Gasteiger partial charge in [-0.05, 0) is 17.5 Å². The van der Waals surface area contributed by atoms with Gasteiger partial charge in [-0.25, -0.2) is 0 Å². The molecule has 0 N–H and O–H groups in total. The zero-order valence-corrected chi connectivity index (χ0v) is 10.4. The highest BCUT2D eigenvalue weighted by molar-refractivity contribution is 7.11. The van der Waals surface area contributed by atoms with Gasteiger partial charge in [-0.3, -0.25) is 15.1 Å². The number of nitro groups is 1. The maximum Gasteiger partial charge on any atom is 0.271 e. The van der Waals surface area contributed by atoms with Crippen molar-refractivity contribution in [2.45, 2.75) is 0 Å². The van der Waals surface area contributed by atoms with Crippen LogP contribution in [0.4, 0.5) is 11.4 Å². The number of methoxy groups -OCH3 is 1. The molecular formula is C12H10N2O3S. The number of aliphatic imine (C=N–C) groups is 1. The summed E-state index contributed by atoms with van der Waals surface area (Å²) >= 11 is 1.54. The maximum atomic E-state index is 10.7. The SMILES string of the molecule is COc1ccc([N+](=O)[O-])cc1N=Cc1cccs1. The molecule has 2 aromatic rings. The number of rotatable bonds is 4. The molecule has 1 heterocycles. The minimum absolute atomic E-state index is 0.00544. The maximum absolute atomic E-state index is 10.7. The minimum atomic E-state index is -0.455. The van der Waals surface area contributed by atoms with Crippen molar-refractivity contribution < 1.29 is 9.66 Å². The van der Waals surface area contributed by atoms with Gasteiger partial charge < -0.3 is 4.74 Å². The lowest BCUT2D eigenvalue weighted by Gasteiger charge is -2.03. The smallest absolute Gasteiger partial charge is 0.271 e. The van der Waals surface area contributed by atoms with Crippen molar-refractivity contribution in [3.63, 3.8) is 0 Å². The topological polar surface area (TPSA) is 64.7 Å². The van der Waals surface area contributed by atoms with Crippen LogP contribution in [0.1, 0.15) is 4.88 Å². The van der Waals surface area contributed by atoms with Crippen LogP contribution in [-0.2, 0) is 0 Å². The molecule has 0 aliphatic rings. The van der Waals surface area contributed by atoms with Crippen molar-refractivity contribution in [2.24, 2.45) is 4.99 Å². The Kier molecular flexibility index (Phi) is 3.69. The number of non-ortho nitro benzene ring substituents is 1. The van der Waals surface area contributed by atoms with Gasteiger partial charge in [0, 0.05) is 23.2 Å². The Labute approximate surface area is 108 Å². The Morgan fingerprint density at radius 2 is 2.28 bits per heavy atom. The molecule has 6 heteroatoms. The second-order valence-corrected chi connectivity index (χ2v) is 4.37. The third-order valence-corrected chi connectivity index (χ3v) is 3.05. The molecule has 0 saturated heterocycles. The van der Waals surface area contributed by atoms with E-state index in [4.69, 9.17) is 4.74 Å². The molecule has 0 amide bonds. The summed E-state index contributed by atoms with van der Waals surface area (Å²) in [5, 5.41) is 12.6. The van der Waals surface area contributed by atoms with Gasteiger partial charge >= 0.3 is 0 Å². The Hall–Kier alpha value is -2.21. The van der Waals surface area contributed by atoms with Gasteiger partial charge in [0.25, 0.3) is 5.69 Å². The van der Waals surface area contributed by atoms with Crippen LogP contribution in [0, 0.1) is 10.1 Å². The summed E-state index contributed by atoms with van der Waals surface area (Å²) in [7, 11) is 1.51. The van der Waals surface area contributed by atoms with E-state index in [0.29, 0.717) is 11.4 Å². The fourth-order valence-electron chi connectivity index (χ4n) is 1.39. The lowest BCUT2D eigenvalue weighted by Crippen LogP contribution is -1.89. The Balaban J connectivity index is 2.35. The van der Waals surface area contributed by atoms with Crippen LogP contribution < -0.4 is 4.74 Å². The zero-order chi connectivity index (χ0) is 13.0. The Bertz CT molecular complexity index is 579. The van der Waals surface area contributed by atoms with Crippen LogP contribution in [0.2, 0.25) is 0 Å². The van der Waals surface area contributed by atoms with Crippen LogP contribution in [0.15, 0.2) is 40.7 Å². The Morgan fingerprint density at radius 1 is 1.44 bits per heavy atom. The number of thiophene rings is 1. The highest BCUT2D eigenvalue weighted by Gasteiger charge is 2.10. The average Bonchev–Trinajstić information content (AvgIpc) is 2.89. The number of hydrogen-bond acceptors (Lipinski definition) is 5. The average molecular weight is 262 g/mol. The first-order chi connectivity index (χ1) is 8.70. The third-order valence-electron chi connectivity index (χ3n) is 2.25. The normalized spacial score (nSPS) is 10.7. The fourth-order valence-corrected chi connectivity index (χ4v) is 1.98. The highest BCUT2D eigenvalue weighted by Crippen LogP contribution is 2.31. The predicted octanol–water partition coefficient (Wildman–Crippen LogP) is 3.42. The molecule has 0 atom stereocenters. The standard InChI is InChI=1S/C12H10N2O3S/c1-17-12-5-4-9(14(15)16)7-11(12)13-8-10-3-2-6-18-10/h2-8H,1H3. The molecule has 0 bridgehead atoms. The summed E-state index contributed by atoms with van der Waals surface area (Å²) < 4.78 is 5.12. The monoisotopic (exact) mass is 262 g/mol. The Morgan fingerprint density at radius 3 is 2.89 bits per heavy atom. The van der Waals surface area contributed by atoms with E-state index in [-0.39, 0.29) is 5.69 Å². The molecule has 5 nitrogen and oxygen atoms in total. The van der Waals surface area contributed by atoms with Gasteiger partial charge in [0.05, 0.1) is 12.0 Å². The van der Waals surface area contributed by atoms with E-state index in [1.54, 1.807) is 23.6 Å². The second-order valence-electron chi connectivity index (χ2n) is 3.39. The van der Waals surface area contributed by atoms with Crippen molar-refractivity contribution in [1.29, 1.82) is 0 Å². The van der Waals surface area contributed by atoms with Gasteiger partial charge in [-0.1, -0.05) is 6.07 Å². The van der Waals surface area contributed by atoms with Gasteiger partial charge in [0.1, 0.15) is 11.4 Å². The summed E-state index contributed by atoms with van der Waals surface area (Å²) in [6.07, 6.45) is 1.66. The van der Waals surface area contributed by atoms with Gasteiger partial charge in [0.15, 0.2) is 0 Å². The summed E-state index contributed by atoms with van der Waals surface area (Å²) in [5.41, 5.74) is 0.439. The second kappa shape index (κ2) is 5.42. The van der Waals surface area contributed by atoms with E-state index in [9.17, 15) is 10.1 Å². The first kappa shape index (κ1) is 12.3. The number of nitro benzene ring substituents is 1. The van der Waals surface area contributed by atoms with Crippen LogP contribution in [0.25, 0.3) is 0 Å². The quantitative estimate of drug-likeness (QED) is 0.481. The number of ether oxygens (including phenoxy) is 1. The van der Waals surface area contributed by atoms with Crippen molar-refractivity contribution in [3.05, 3.63) is 50.7 Å². The molecule has 0 aliphatic carbocycles. The van der Waals surface area contributed by atoms with Gasteiger partial charge in [-0.2, -0.15) is 0 Å². The van der Waals surface area contributed by atoms with E-state index in [0.717, 1.165) is 4.88 Å². The van der Waals surface area contributed by atoms with Crippen molar-refractivity contribution in [2.75, 3.05) is 7.11 Å². The number of nitrogens with zero attached hydrogens (tertiary/aromatic N) is 2. The summed E-state index contributed by atoms with van der Waals surface area (Å²) in [6, 6.07) is 8.15. The molecule has 92 valence electrons. The van der Waals surface area contributed by atoms with Gasteiger partial charge in [-0.15, -0.1) is 11.3 Å². The van der Waals surface area contributed by atoms with Crippen molar-refractivity contribution in [3.8, 4) is 5.75 Å². The van der Waals surface area contributed by atoms with Crippen LogP contribution >= 0.6 is 11.3 Å². The van der Waals surface area contributed by atoms with E-state index in [1.807, 2.05) is 17.5 Å². The molecule has 2 rings (SSSR count). The zero-order valence-electron chi connectivity index (χ0n) is 9.57. The molecule has 0 unspecified atom stereocenters. The van der Waals surface area contributed by atoms with Crippen molar-refractivity contribution in [1.82, 2.24) is 0 Å². The molecule has 1 aromatic heterocycles. The number of benzene rings is 1. The first-order valence-corrected chi connectivity index (χ1v) is 5.98. The largest absolute Gasteiger partial charge is 0.494 e. The van der Waals surface area contributed by atoms with Crippen LogP contribution in [-0.4, -0.2) is 18.2 Å². The third kappa shape index (κ3) is 2.72. The summed E-state index contributed by atoms with van der Waals surface area (Å²) in [4.78, 5) is 15.4. The number of hydrogen-bond donors (Lipinski definition) is 0. The summed E-state index contributed by atoms with van der Waals surface area (Å²) in [5.74, 6) is 0.508. The molecule has 1 aromatic carbocycles. The molecule has 0 spiro atoms.